The van der Waals surface area contributed by atoms with Gasteiger partial charge in [-0.2, -0.15) is 15.4 Å². The van der Waals surface area contributed by atoms with Crippen molar-refractivity contribution in [3.05, 3.63) is 52.9 Å². The molecule has 2 N–H and O–H groups in total. The molecule has 2 aromatic heterocycles. The first kappa shape index (κ1) is 16.2. The van der Waals surface area contributed by atoms with Crippen molar-refractivity contribution in [1.82, 2.24) is 20.4 Å². The van der Waals surface area contributed by atoms with Gasteiger partial charge in [0.2, 0.25) is 0 Å². The number of hydrogen-bond acceptors (Lipinski definition) is 6. The predicted molar refractivity (Wildman–Crippen MR) is 101 cm³/mol. The molecule has 0 bridgehead atoms. The van der Waals surface area contributed by atoms with Crippen molar-refractivity contribution in [3.63, 3.8) is 0 Å². The molecule has 0 atom stereocenters. The summed E-state index contributed by atoms with van der Waals surface area (Å²) in [5.41, 5.74) is 4.62. The molecule has 26 heavy (non-hydrogen) atoms. The molecule has 7 nitrogen and oxygen atoms in total. The molecule has 0 aliphatic carbocycles. The fourth-order valence-corrected chi connectivity index (χ4v) is 3.33. The number of carbonyl (C=O) groups is 1. The van der Waals surface area contributed by atoms with Crippen molar-refractivity contribution in [2.75, 3.05) is 12.4 Å². The number of rotatable bonds is 4. The normalized spacial score (nSPS) is 10.8. The van der Waals surface area contributed by atoms with Crippen LogP contribution in [0.4, 0.5) is 5.13 Å². The van der Waals surface area contributed by atoms with Crippen LogP contribution in [0.1, 0.15) is 15.9 Å². The highest BCUT2D eigenvalue weighted by atomic mass is 32.1. The number of aromatic nitrogens is 4. The van der Waals surface area contributed by atoms with Crippen molar-refractivity contribution in [2.24, 2.45) is 0 Å². The van der Waals surface area contributed by atoms with Gasteiger partial charge in [0.05, 0.1) is 12.8 Å². The Bertz CT molecular complexity index is 1100. The number of ether oxygens (including phenoxy) is 1. The molecule has 0 unspecified atom stereocenters. The van der Waals surface area contributed by atoms with E-state index in [1.54, 1.807) is 25.3 Å². The van der Waals surface area contributed by atoms with Crippen molar-refractivity contribution in [2.45, 2.75) is 6.92 Å². The van der Waals surface area contributed by atoms with Gasteiger partial charge in [-0.25, -0.2) is 4.98 Å². The van der Waals surface area contributed by atoms with E-state index in [1.807, 2.05) is 30.5 Å². The predicted octanol–water partition coefficient (Wildman–Crippen LogP) is 3.65. The summed E-state index contributed by atoms with van der Waals surface area (Å²) in [4.78, 5) is 17.0. The number of amides is 1. The van der Waals surface area contributed by atoms with Crippen molar-refractivity contribution >= 4 is 33.4 Å². The number of H-pyrrole nitrogens is 1. The Balaban J connectivity index is 1.58. The van der Waals surface area contributed by atoms with E-state index in [-0.39, 0.29) is 5.91 Å². The van der Waals surface area contributed by atoms with Gasteiger partial charge in [-0.05, 0) is 37.3 Å². The first-order chi connectivity index (χ1) is 12.6. The maximum absolute atomic E-state index is 12.5. The van der Waals surface area contributed by atoms with Gasteiger partial charge < -0.3 is 4.74 Å². The van der Waals surface area contributed by atoms with E-state index in [0.717, 1.165) is 22.6 Å². The van der Waals surface area contributed by atoms with Crippen LogP contribution in [0.25, 0.3) is 22.3 Å². The lowest BCUT2D eigenvalue weighted by Crippen LogP contribution is -2.11. The van der Waals surface area contributed by atoms with Gasteiger partial charge >= 0.3 is 0 Å². The fraction of sp³-hybridized carbons (Fsp3) is 0.111. The zero-order valence-electron chi connectivity index (χ0n) is 14.1. The summed E-state index contributed by atoms with van der Waals surface area (Å²) >= 11 is 1.36. The van der Waals surface area contributed by atoms with Crippen molar-refractivity contribution < 1.29 is 9.53 Å². The SMILES string of the molecule is COc1ccc(C)cc1-c1csc(NC(=O)c2ccc3n[nH]nc3c2)n1. The number of carbonyl (C=O) groups excluding carboxylic acids is 1. The molecule has 0 saturated carbocycles. The van der Waals surface area contributed by atoms with Crippen LogP contribution in [0.15, 0.2) is 41.8 Å². The molecule has 0 aliphatic heterocycles. The van der Waals surface area contributed by atoms with Gasteiger partial charge in [0.15, 0.2) is 5.13 Å². The zero-order chi connectivity index (χ0) is 18.1. The molecule has 4 aromatic rings. The minimum absolute atomic E-state index is 0.244. The lowest BCUT2D eigenvalue weighted by Gasteiger charge is -2.07. The number of aryl methyl sites for hydroxylation is 1. The molecule has 4 rings (SSSR count). The highest BCUT2D eigenvalue weighted by Gasteiger charge is 2.14. The molecule has 0 fully saturated rings. The maximum Gasteiger partial charge on any atom is 0.257 e. The van der Waals surface area contributed by atoms with Crippen LogP contribution in [0.5, 0.6) is 5.75 Å². The zero-order valence-corrected chi connectivity index (χ0v) is 14.9. The van der Waals surface area contributed by atoms with Gasteiger partial charge in [0, 0.05) is 16.5 Å². The quantitative estimate of drug-likeness (QED) is 0.576. The Morgan fingerprint density at radius 1 is 1.15 bits per heavy atom. The summed E-state index contributed by atoms with van der Waals surface area (Å²) in [6.07, 6.45) is 0. The van der Waals surface area contributed by atoms with Gasteiger partial charge in [-0.3, -0.25) is 10.1 Å². The second kappa shape index (κ2) is 6.57. The molecule has 130 valence electrons. The first-order valence-electron chi connectivity index (χ1n) is 7.86. The molecule has 0 aliphatic rings. The number of benzene rings is 2. The van der Waals surface area contributed by atoms with E-state index in [9.17, 15) is 4.79 Å². The van der Waals surface area contributed by atoms with Crippen LogP contribution in [0, 0.1) is 6.92 Å². The van der Waals surface area contributed by atoms with Gasteiger partial charge in [-0.1, -0.05) is 11.6 Å². The van der Waals surface area contributed by atoms with Crippen LogP contribution in [0.3, 0.4) is 0 Å². The number of nitrogens with one attached hydrogen (secondary N) is 2. The van der Waals surface area contributed by atoms with Crippen molar-refractivity contribution in [3.8, 4) is 17.0 Å². The standard InChI is InChI=1S/C18H15N5O2S/c1-10-3-6-16(25-2)12(7-10)15-9-26-18(19-15)20-17(24)11-4-5-13-14(8-11)22-23-21-13/h3-9H,1-2H3,(H,19,20,24)(H,21,22,23). The van der Waals surface area contributed by atoms with E-state index in [1.165, 1.54) is 11.3 Å². The summed E-state index contributed by atoms with van der Waals surface area (Å²) < 4.78 is 5.41. The summed E-state index contributed by atoms with van der Waals surface area (Å²) in [6.45, 7) is 2.01. The molecular weight excluding hydrogens is 350 g/mol. The Morgan fingerprint density at radius 3 is 2.85 bits per heavy atom. The van der Waals surface area contributed by atoms with Gasteiger partial charge in [0.1, 0.15) is 16.8 Å². The minimum atomic E-state index is -0.244. The van der Waals surface area contributed by atoms with E-state index < -0.39 is 0 Å². The van der Waals surface area contributed by atoms with Gasteiger partial charge in [0.25, 0.3) is 5.91 Å². The maximum atomic E-state index is 12.5. The molecular formula is C18H15N5O2S. The summed E-state index contributed by atoms with van der Waals surface area (Å²) in [6, 6.07) is 11.0. The topological polar surface area (TPSA) is 92.8 Å². The summed E-state index contributed by atoms with van der Waals surface area (Å²) in [5, 5.41) is 15.8. The molecule has 0 spiro atoms. The molecule has 2 heterocycles. The van der Waals surface area contributed by atoms with E-state index in [2.05, 4.69) is 25.7 Å². The Kier molecular flexibility index (Phi) is 4.10. The number of nitrogens with zero attached hydrogens (tertiary/aromatic N) is 3. The lowest BCUT2D eigenvalue weighted by atomic mass is 10.1. The average Bonchev–Trinajstić information content (AvgIpc) is 3.30. The lowest BCUT2D eigenvalue weighted by molar-refractivity contribution is 0.102. The van der Waals surface area contributed by atoms with Crippen LogP contribution in [-0.4, -0.2) is 33.4 Å². The summed E-state index contributed by atoms with van der Waals surface area (Å²) in [5.74, 6) is 0.502. The number of anilines is 1. The number of aromatic amines is 1. The molecule has 0 saturated heterocycles. The monoisotopic (exact) mass is 365 g/mol. The van der Waals surface area contributed by atoms with E-state index >= 15 is 0 Å². The third kappa shape index (κ3) is 3.02. The number of fused-ring (bicyclic) bond motifs is 1. The fourth-order valence-electron chi connectivity index (χ4n) is 2.63. The average molecular weight is 365 g/mol. The molecule has 1 amide bonds. The van der Waals surface area contributed by atoms with Crippen molar-refractivity contribution in [1.29, 1.82) is 0 Å². The number of methoxy groups -OCH3 is 1. The van der Waals surface area contributed by atoms with E-state index in [0.29, 0.717) is 21.7 Å². The third-order valence-electron chi connectivity index (χ3n) is 3.93. The molecule has 2 aromatic carbocycles. The van der Waals surface area contributed by atoms with Crippen LogP contribution >= 0.6 is 11.3 Å². The summed E-state index contributed by atoms with van der Waals surface area (Å²) in [7, 11) is 1.63. The Hall–Kier alpha value is -3.26. The highest BCUT2D eigenvalue weighted by molar-refractivity contribution is 7.14. The second-order valence-corrected chi connectivity index (χ2v) is 6.58. The van der Waals surface area contributed by atoms with E-state index in [4.69, 9.17) is 4.74 Å². The smallest absolute Gasteiger partial charge is 0.257 e. The Morgan fingerprint density at radius 2 is 2.00 bits per heavy atom. The van der Waals surface area contributed by atoms with Gasteiger partial charge in [-0.15, -0.1) is 11.3 Å². The van der Waals surface area contributed by atoms with Crippen LogP contribution in [-0.2, 0) is 0 Å². The van der Waals surface area contributed by atoms with Crippen LogP contribution in [0.2, 0.25) is 0 Å². The van der Waals surface area contributed by atoms with Crippen LogP contribution < -0.4 is 10.1 Å². The first-order valence-corrected chi connectivity index (χ1v) is 8.74. The minimum Gasteiger partial charge on any atom is -0.496 e. The number of thiazole rings is 1. The molecule has 0 radical (unpaired) electrons. The molecule has 8 heteroatoms. The largest absolute Gasteiger partial charge is 0.496 e. The number of hydrogen-bond donors (Lipinski definition) is 2. The highest BCUT2D eigenvalue weighted by Crippen LogP contribution is 2.33. The second-order valence-electron chi connectivity index (χ2n) is 5.72. The third-order valence-corrected chi connectivity index (χ3v) is 4.69. The Labute approximate surface area is 153 Å².